The molecule has 0 bridgehead atoms. The van der Waals surface area contributed by atoms with Gasteiger partial charge in [0, 0.05) is 17.6 Å². The molecule has 106 valence electrons. The molecular formula is C14H20ClNO3. The van der Waals surface area contributed by atoms with E-state index in [0.717, 1.165) is 18.5 Å². The van der Waals surface area contributed by atoms with Crippen molar-refractivity contribution in [2.45, 2.75) is 26.7 Å². The summed E-state index contributed by atoms with van der Waals surface area (Å²) in [6.45, 7) is 4.83. The highest BCUT2D eigenvalue weighted by atomic mass is 35.5. The molecule has 0 spiro atoms. The van der Waals surface area contributed by atoms with Gasteiger partial charge in [0.15, 0.2) is 0 Å². The molecule has 0 aliphatic rings. The molecule has 0 amide bonds. The Hall–Kier alpha value is -1.26. The van der Waals surface area contributed by atoms with E-state index in [9.17, 15) is 9.90 Å². The standard InChI is InChI=1S/C14H20ClNO3/c1-3-14(4-2,9-17)8-16-10-5-6-11(13(18)19)12(15)7-10/h5-7,16-17H,3-4,8-9H2,1-2H3,(H,18,19). The summed E-state index contributed by atoms with van der Waals surface area (Å²) in [5, 5.41) is 21.8. The molecule has 0 atom stereocenters. The van der Waals surface area contributed by atoms with Crippen molar-refractivity contribution in [2.24, 2.45) is 5.41 Å². The van der Waals surface area contributed by atoms with Crippen molar-refractivity contribution >= 4 is 23.3 Å². The molecule has 5 heteroatoms. The number of hydrogen-bond donors (Lipinski definition) is 3. The van der Waals surface area contributed by atoms with E-state index in [4.69, 9.17) is 16.7 Å². The highest BCUT2D eigenvalue weighted by Crippen LogP contribution is 2.27. The van der Waals surface area contributed by atoms with Gasteiger partial charge in [0.1, 0.15) is 0 Å². The molecule has 4 nitrogen and oxygen atoms in total. The van der Waals surface area contributed by atoms with E-state index in [1.807, 2.05) is 13.8 Å². The Morgan fingerprint density at radius 1 is 1.37 bits per heavy atom. The minimum Gasteiger partial charge on any atom is -0.478 e. The Kier molecular flexibility index (Phi) is 5.63. The maximum atomic E-state index is 10.9. The van der Waals surface area contributed by atoms with E-state index in [1.165, 1.54) is 6.07 Å². The van der Waals surface area contributed by atoms with Crippen LogP contribution in [0.15, 0.2) is 18.2 Å². The number of anilines is 1. The smallest absolute Gasteiger partial charge is 0.337 e. The van der Waals surface area contributed by atoms with Gasteiger partial charge in [-0.25, -0.2) is 4.79 Å². The van der Waals surface area contributed by atoms with Gasteiger partial charge in [-0.15, -0.1) is 0 Å². The van der Waals surface area contributed by atoms with Crippen LogP contribution in [0.1, 0.15) is 37.0 Å². The molecule has 0 aromatic heterocycles. The van der Waals surface area contributed by atoms with E-state index < -0.39 is 5.97 Å². The first kappa shape index (κ1) is 15.8. The average Bonchev–Trinajstić information content (AvgIpc) is 2.40. The first-order valence-electron chi connectivity index (χ1n) is 6.35. The highest BCUT2D eigenvalue weighted by Gasteiger charge is 2.24. The van der Waals surface area contributed by atoms with Crippen LogP contribution < -0.4 is 5.32 Å². The molecule has 0 heterocycles. The van der Waals surface area contributed by atoms with E-state index >= 15 is 0 Å². The monoisotopic (exact) mass is 285 g/mol. The van der Waals surface area contributed by atoms with E-state index in [1.54, 1.807) is 12.1 Å². The summed E-state index contributed by atoms with van der Waals surface area (Å²) in [5.41, 5.74) is 0.694. The minimum absolute atomic E-state index is 0.0895. The third-order valence-electron chi connectivity index (χ3n) is 3.70. The van der Waals surface area contributed by atoms with Crippen LogP contribution >= 0.6 is 11.6 Å². The van der Waals surface area contributed by atoms with Gasteiger partial charge in [-0.1, -0.05) is 25.4 Å². The lowest BCUT2D eigenvalue weighted by Gasteiger charge is -2.30. The molecular weight excluding hydrogens is 266 g/mol. The molecule has 0 fully saturated rings. The quantitative estimate of drug-likeness (QED) is 0.719. The zero-order valence-electron chi connectivity index (χ0n) is 11.2. The predicted octanol–water partition coefficient (Wildman–Crippen LogP) is 3.25. The lowest BCUT2D eigenvalue weighted by molar-refractivity contribution is 0.0697. The maximum absolute atomic E-state index is 10.9. The van der Waals surface area contributed by atoms with Gasteiger partial charge in [-0.2, -0.15) is 0 Å². The lowest BCUT2D eigenvalue weighted by Crippen LogP contribution is -2.32. The van der Waals surface area contributed by atoms with Gasteiger partial charge >= 0.3 is 5.97 Å². The van der Waals surface area contributed by atoms with E-state index in [-0.39, 0.29) is 22.6 Å². The fourth-order valence-electron chi connectivity index (χ4n) is 1.87. The zero-order valence-corrected chi connectivity index (χ0v) is 12.0. The van der Waals surface area contributed by atoms with Crippen LogP contribution in [-0.4, -0.2) is 29.3 Å². The second kappa shape index (κ2) is 6.78. The van der Waals surface area contributed by atoms with Gasteiger partial charge in [-0.3, -0.25) is 0 Å². The molecule has 0 unspecified atom stereocenters. The van der Waals surface area contributed by atoms with Crippen LogP contribution in [0, 0.1) is 5.41 Å². The SMILES string of the molecule is CCC(CC)(CO)CNc1ccc(C(=O)O)c(Cl)c1. The van der Waals surface area contributed by atoms with Gasteiger partial charge < -0.3 is 15.5 Å². The predicted molar refractivity (Wildman–Crippen MR) is 77.0 cm³/mol. The molecule has 0 aliphatic carbocycles. The van der Waals surface area contributed by atoms with Crippen LogP contribution in [0.4, 0.5) is 5.69 Å². The van der Waals surface area contributed by atoms with Gasteiger partial charge in [-0.05, 0) is 31.0 Å². The number of benzene rings is 1. The first-order chi connectivity index (χ1) is 8.98. The summed E-state index contributed by atoms with van der Waals surface area (Å²) in [4.78, 5) is 10.9. The second-order valence-corrected chi connectivity index (χ2v) is 5.13. The number of rotatable bonds is 7. The van der Waals surface area contributed by atoms with E-state index in [2.05, 4.69) is 5.32 Å². The summed E-state index contributed by atoms with van der Waals surface area (Å²) in [5.74, 6) is -1.04. The van der Waals surface area contributed by atoms with Gasteiger partial charge in [0.05, 0.1) is 17.2 Å². The first-order valence-corrected chi connectivity index (χ1v) is 6.73. The van der Waals surface area contributed by atoms with Crippen molar-refractivity contribution in [1.29, 1.82) is 0 Å². The third-order valence-corrected chi connectivity index (χ3v) is 4.02. The Morgan fingerprint density at radius 2 is 2.00 bits per heavy atom. The van der Waals surface area contributed by atoms with Gasteiger partial charge in [0.2, 0.25) is 0 Å². The zero-order chi connectivity index (χ0) is 14.5. The van der Waals surface area contributed by atoms with Crippen molar-refractivity contribution in [3.8, 4) is 0 Å². The molecule has 0 saturated heterocycles. The van der Waals surface area contributed by atoms with Crippen molar-refractivity contribution < 1.29 is 15.0 Å². The van der Waals surface area contributed by atoms with Crippen LogP contribution in [0.3, 0.4) is 0 Å². The third kappa shape index (κ3) is 3.85. The number of nitrogens with one attached hydrogen (secondary N) is 1. The van der Waals surface area contributed by atoms with Crippen LogP contribution in [0.5, 0.6) is 0 Å². The molecule has 0 radical (unpaired) electrons. The van der Waals surface area contributed by atoms with Crippen LogP contribution in [0.25, 0.3) is 0 Å². The largest absolute Gasteiger partial charge is 0.478 e. The molecule has 0 aliphatic heterocycles. The molecule has 0 saturated carbocycles. The summed E-state index contributed by atoms with van der Waals surface area (Å²) in [6.07, 6.45) is 1.74. The summed E-state index contributed by atoms with van der Waals surface area (Å²) in [7, 11) is 0. The van der Waals surface area contributed by atoms with Crippen molar-refractivity contribution in [2.75, 3.05) is 18.5 Å². The number of aromatic carboxylic acids is 1. The number of carboxylic acids is 1. The number of halogens is 1. The summed E-state index contributed by atoms with van der Waals surface area (Å²) >= 11 is 5.91. The lowest BCUT2D eigenvalue weighted by atomic mass is 9.83. The number of aliphatic hydroxyl groups is 1. The van der Waals surface area contributed by atoms with Crippen molar-refractivity contribution in [3.63, 3.8) is 0 Å². The molecule has 1 aromatic rings. The number of carboxylic acid groups (broad SMARTS) is 1. The second-order valence-electron chi connectivity index (χ2n) is 4.72. The Morgan fingerprint density at radius 3 is 2.42 bits per heavy atom. The Labute approximate surface area is 118 Å². The van der Waals surface area contributed by atoms with Crippen molar-refractivity contribution in [3.05, 3.63) is 28.8 Å². The van der Waals surface area contributed by atoms with Crippen molar-refractivity contribution in [1.82, 2.24) is 0 Å². The topological polar surface area (TPSA) is 69.6 Å². The number of aliphatic hydroxyl groups excluding tert-OH is 1. The van der Waals surface area contributed by atoms with Crippen LogP contribution in [-0.2, 0) is 0 Å². The molecule has 3 N–H and O–H groups in total. The minimum atomic E-state index is -1.04. The normalized spacial score (nSPS) is 11.4. The fraction of sp³-hybridized carbons (Fsp3) is 0.500. The molecule has 1 aromatic carbocycles. The fourth-order valence-corrected chi connectivity index (χ4v) is 2.13. The molecule has 1 rings (SSSR count). The Balaban J connectivity index is 2.78. The number of hydrogen-bond acceptors (Lipinski definition) is 3. The average molecular weight is 286 g/mol. The van der Waals surface area contributed by atoms with Crippen LogP contribution in [0.2, 0.25) is 5.02 Å². The maximum Gasteiger partial charge on any atom is 0.337 e. The van der Waals surface area contributed by atoms with Gasteiger partial charge in [0.25, 0.3) is 0 Å². The summed E-state index contributed by atoms with van der Waals surface area (Å²) < 4.78 is 0. The molecule has 19 heavy (non-hydrogen) atoms. The summed E-state index contributed by atoms with van der Waals surface area (Å²) in [6, 6.07) is 4.76. The Bertz CT molecular complexity index is 436. The highest BCUT2D eigenvalue weighted by molar-refractivity contribution is 6.33. The number of carbonyl (C=O) groups is 1. The van der Waals surface area contributed by atoms with E-state index in [0.29, 0.717) is 6.54 Å².